The molecule has 0 aromatic rings. The predicted molar refractivity (Wildman–Crippen MR) is 38.2 cm³/mol. The quantitative estimate of drug-likeness (QED) is 0.342. The maximum Gasteiger partial charge on any atom is 0.244 e. The zero-order valence-electron chi connectivity index (χ0n) is 5.80. The van der Waals surface area contributed by atoms with Crippen molar-refractivity contribution in [1.29, 1.82) is 0 Å². The first-order valence-corrected chi connectivity index (χ1v) is 3.09. The van der Waals surface area contributed by atoms with Crippen LogP contribution in [0.4, 0.5) is 0 Å². The van der Waals surface area contributed by atoms with Crippen molar-refractivity contribution >= 4 is 12.2 Å². The molecule has 0 aromatic heterocycles. The first-order valence-electron chi connectivity index (χ1n) is 3.09. The largest absolute Gasteiger partial charge is 0.366 e. The van der Waals surface area contributed by atoms with E-state index in [-0.39, 0.29) is 0 Å². The van der Waals surface area contributed by atoms with E-state index in [0.717, 1.165) is 6.29 Å². The van der Waals surface area contributed by atoms with E-state index in [0.29, 0.717) is 24.8 Å². The fraction of sp³-hybridized carbons (Fsp3) is 0.429. The zero-order valence-corrected chi connectivity index (χ0v) is 5.80. The molecule has 0 aliphatic heterocycles. The van der Waals surface area contributed by atoms with Crippen LogP contribution in [0.15, 0.2) is 12.2 Å². The van der Waals surface area contributed by atoms with Gasteiger partial charge in [0.05, 0.1) is 0 Å². The van der Waals surface area contributed by atoms with Gasteiger partial charge >= 0.3 is 0 Å². The van der Waals surface area contributed by atoms with Crippen LogP contribution in [0.5, 0.6) is 0 Å². The van der Waals surface area contributed by atoms with Gasteiger partial charge in [0, 0.05) is 12.0 Å². The Labute approximate surface area is 59.9 Å². The van der Waals surface area contributed by atoms with Crippen LogP contribution in [0.2, 0.25) is 0 Å². The number of unbranched alkanes of at least 4 members (excludes halogenated alkanes) is 1. The third-order valence-corrected chi connectivity index (χ3v) is 1.15. The van der Waals surface area contributed by atoms with Crippen molar-refractivity contribution in [3.05, 3.63) is 12.2 Å². The Hall–Kier alpha value is -1.12. The third kappa shape index (κ3) is 3.83. The Morgan fingerprint density at radius 2 is 2.20 bits per heavy atom. The van der Waals surface area contributed by atoms with Gasteiger partial charge in [0.15, 0.2) is 0 Å². The van der Waals surface area contributed by atoms with E-state index in [9.17, 15) is 9.59 Å². The van der Waals surface area contributed by atoms with Gasteiger partial charge in [0.2, 0.25) is 5.91 Å². The normalized spacial score (nSPS) is 8.80. The summed E-state index contributed by atoms with van der Waals surface area (Å²) in [4.78, 5) is 20.1. The number of hydrogen-bond acceptors (Lipinski definition) is 2. The molecule has 56 valence electrons. The Morgan fingerprint density at radius 1 is 1.60 bits per heavy atom. The molecule has 0 saturated carbocycles. The molecule has 0 atom stereocenters. The number of aldehydes is 1. The number of hydrogen-bond donors (Lipinski definition) is 1. The standard InChI is InChI=1S/C7H11NO2/c1-6(7(8)10)4-2-3-5-9/h5H,1-4H2,(H2,8,10). The first kappa shape index (κ1) is 8.88. The van der Waals surface area contributed by atoms with E-state index in [1.807, 2.05) is 0 Å². The minimum absolute atomic E-state index is 0.391. The van der Waals surface area contributed by atoms with Crippen LogP contribution in [0.1, 0.15) is 19.3 Å². The van der Waals surface area contributed by atoms with Gasteiger partial charge in [0.1, 0.15) is 6.29 Å². The number of carbonyl (C=O) groups excluding carboxylic acids is 2. The van der Waals surface area contributed by atoms with Crippen molar-refractivity contribution in [3.63, 3.8) is 0 Å². The molecule has 0 aromatic carbocycles. The monoisotopic (exact) mass is 141 g/mol. The Balaban J connectivity index is 3.40. The molecule has 0 saturated heterocycles. The second-order valence-corrected chi connectivity index (χ2v) is 2.03. The van der Waals surface area contributed by atoms with E-state index in [2.05, 4.69) is 6.58 Å². The van der Waals surface area contributed by atoms with Crippen LogP contribution >= 0.6 is 0 Å². The summed E-state index contributed by atoms with van der Waals surface area (Å²) in [5.41, 5.74) is 5.28. The van der Waals surface area contributed by atoms with Crippen molar-refractivity contribution in [3.8, 4) is 0 Å². The molecule has 0 rings (SSSR count). The summed E-state index contributed by atoms with van der Waals surface area (Å²) in [7, 11) is 0. The lowest BCUT2D eigenvalue weighted by atomic mass is 10.1. The highest BCUT2D eigenvalue weighted by Gasteiger charge is 1.99. The average molecular weight is 141 g/mol. The smallest absolute Gasteiger partial charge is 0.244 e. The number of carbonyl (C=O) groups is 2. The lowest BCUT2D eigenvalue weighted by molar-refractivity contribution is -0.115. The minimum Gasteiger partial charge on any atom is -0.366 e. The maximum absolute atomic E-state index is 10.3. The van der Waals surface area contributed by atoms with Crippen molar-refractivity contribution in [2.24, 2.45) is 5.73 Å². The van der Waals surface area contributed by atoms with Crippen LogP contribution in [-0.2, 0) is 9.59 Å². The summed E-state index contributed by atoms with van der Waals surface area (Å²) >= 11 is 0. The third-order valence-electron chi connectivity index (χ3n) is 1.15. The molecule has 0 heterocycles. The SMILES string of the molecule is C=C(CCCC=O)C(N)=O. The van der Waals surface area contributed by atoms with E-state index >= 15 is 0 Å². The number of primary amides is 1. The fourth-order valence-corrected chi connectivity index (χ4v) is 0.522. The molecule has 2 N–H and O–H groups in total. The fourth-order valence-electron chi connectivity index (χ4n) is 0.522. The highest BCUT2D eigenvalue weighted by Crippen LogP contribution is 2.02. The van der Waals surface area contributed by atoms with Gasteiger partial charge in [-0.05, 0) is 12.8 Å². The molecule has 10 heavy (non-hydrogen) atoms. The van der Waals surface area contributed by atoms with Crippen LogP contribution in [-0.4, -0.2) is 12.2 Å². The average Bonchev–Trinajstić information content (AvgIpc) is 1.88. The number of nitrogens with two attached hydrogens (primary N) is 1. The molecule has 3 nitrogen and oxygen atoms in total. The van der Waals surface area contributed by atoms with Crippen molar-refractivity contribution in [2.75, 3.05) is 0 Å². The summed E-state index contributed by atoms with van der Waals surface area (Å²) in [6, 6.07) is 0. The van der Waals surface area contributed by atoms with E-state index in [4.69, 9.17) is 5.73 Å². The van der Waals surface area contributed by atoms with Gasteiger partial charge in [-0.2, -0.15) is 0 Å². The predicted octanol–water partition coefficient (Wildman–Crippen LogP) is 0.397. The summed E-state index contributed by atoms with van der Waals surface area (Å²) in [6.07, 6.45) is 2.46. The van der Waals surface area contributed by atoms with Crippen molar-refractivity contribution < 1.29 is 9.59 Å². The van der Waals surface area contributed by atoms with Gasteiger partial charge in [-0.15, -0.1) is 0 Å². The topological polar surface area (TPSA) is 60.2 Å². The first-order chi connectivity index (χ1) is 4.68. The van der Waals surface area contributed by atoms with Crippen LogP contribution < -0.4 is 5.73 Å². The highest BCUT2D eigenvalue weighted by atomic mass is 16.1. The molecule has 0 unspecified atom stereocenters. The summed E-state index contributed by atoms with van der Waals surface area (Å²) in [6.45, 7) is 3.44. The molecule has 0 fully saturated rings. The summed E-state index contributed by atoms with van der Waals surface area (Å²) < 4.78 is 0. The highest BCUT2D eigenvalue weighted by molar-refractivity contribution is 5.91. The lowest BCUT2D eigenvalue weighted by Crippen LogP contribution is -2.12. The van der Waals surface area contributed by atoms with Crippen LogP contribution in [0.3, 0.4) is 0 Å². The maximum atomic E-state index is 10.3. The molecule has 1 amide bonds. The van der Waals surface area contributed by atoms with E-state index < -0.39 is 5.91 Å². The van der Waals surface area contributed by atoms with Crippen molar-refractivity contribution in [1.82, 2.24) is 0 Å². The van der Waals surface area contributed by atoms with Gasteiger partial charge < -0.3 is 10.5 Å². The second kappa shape index (κ2) is 4.73. The van der Waals surface area contributed by atoms with Crippen molar-refractivity contribution in [2.45, 2.75) is 19.3 Å². The zero-order chi connectivity index (χ0) is 7.98. The Kier molecular flexibility index (Phi) is 4.20. The molecule has 0 spiro atoms. The van der Waals surface area contributed by atoms with Gasteiger partial charge in [0.25, 0.3) is 0 Å². The van der Waals surface area contributed by atoms with E-state index in [1.165, 1.54) is 0 Å². The van der Waals surface area contributed by atoms with Gasteiger partial charge in [-0.1, -0.05) is 6.58 Å². The number of rotatable bonds is 5. The second-order valence-electron chi connectivity index (χ2n) is 2.03. The number of amides is 1. The van der Waals surface area contributed by atoms with Gasteiger partial charge in [-0.25, -0.2) is 0 Å². The Morgan fingerprint density at radius 3 is 2.60 bits per heavy atom. The molecular weight excluding hydrogens is 130 g/mol. The molecule has 3 heteroatoms. The van der Waals surface area contributed by atoms with Gasteiger partial charge in [-0.3, -0.25) is 4.79 Å². The summed E-state index contributed by atoms with van der Waals surface area (Å²) in [5.74, 6) is -0.481. The van der Waals surface area contributed by atoms with E-state index in [1.54, 1.807) is 0 Å². The molecule has 0 radical (unpaired) electrons. The van der Waals surface area contributed by atoms with Crippen LogP contribution in [0, 0.1) is 0 Å². The molecular formula is C7H11NO2. The Bertz CT molecular complexity index is 152. The minimum atomic E-state index is -0.481. The summed E-state index contributed by atoms with van der Waals surface area (Å²) in [5, 5.41) is 0. The molecule has 0 aliphatic carbocycles. The molecule has 0 bridgehead atoms. The molecule has 0 aliphatic rings. The lowest BCUT2D eigenvalue weighted by Gasteiger charge is -1.95. The van der Waals surface area contributed by atoms with Crippen LogP contribution in [0.25, 0.3) is 0 Å².